The molecule has 4 nitrogen and oxygen atoms in total. The van der Waals surface area contributed by atoms with Crippen LogP contribution in [0.4, 0.5) is 0 Å². The molecule has 0 amide bonds. The quantitative estimate of drug-likeness (QED) is 0.784. The van der Waals surface area contributed by atoms with Crippen LogP contribution in [0.2, 0.25) is 0 Å². The van der Waals surface area contributed by atoms with Crippen molar-refractivity contribution in [3.8, 4) is 11.6 Å². The van der Waals surface area contributed by atoms with E-state index in [4.69, 9.17) is 10.5 Å². The molecule has 0 aliphatic heterocycles. The van der Waals surface area contributed by atoms with Gasteiger partial charge in [-0.3, -0.25) is 0 Å². The summed E-state index contributed by atoms with van der Waals surface area (Å²) in [5, 5.41) is 0. The Labute approximate surface area is 131 Å². The molecule has 0 spiro atoms. The van der Waals surface area contributed by atoms with E-state index in [1.54, 1.807) is 0 Å². The smallest absolute Gasteiger partial charge is 0.241 e. The Balaban J connectivity index is 2.05. The van der Waals surface area contributed by atoms with Gasteiger partial charge in [0.2, 0.25) is 5.88 Å². The van der Waals surface area contributed by atoms with E-state index >= 15 is 0 Å². The van der Waals surface area contributed by atoms with Gasteiger partial charge in [0, 0.05) is 12.6 Å². The van der Waals surface area contributed by atoms with Crippen LogP contribution < -0.4 is 10.5 Å². The lowest BCUT2D eigenvalue weighted by Crippen LogP contribution is -2.06. The van der Waals surface area contributed by atoms with Gasteiger partial charge in [0.25, 0.3) is 0 Å². The second kappa shape index (κ2) is 5.87. The zero-order chi connectivity index (χ0) is 14.8. The highest BCUT2D eigenvalue weighted by Gasteiger charge is 2.14. The first kappa shape index (κ1) is 14.1. The zero-order valence-electron chi connectivity index (χ0n) is 11.7. The maximum Gasteiger partial charge on any atom is 0.241 e. The number of halogens is 1. The fraction of sp³-hybridized carbons (Fsp3) is 0.188. The highest BCUT2D eigenvalue weighted by atomic mass is 79.9. The van der Waals surface area contributed by atoms with E-state index in [0.29, 0.717) is 18.8 Å². The Hall–Kier alpha value is -1.85. The topological polar surface area (TPSA) is 52.5 Å². The average molecular weight is 346 g/mol. The Morgan fingerprint density at radius 1 is 1.29 bits per heavy atom. The lowest BCUT2D eigenvalue weighted by Gasteiger charge is -2.08. The SMILES string of the molecule is Cc1ccc(Oc2nc3ccccn3c2CCN)c(Br)c1. The molecule has 0 saturated carbocycles. The first-order valence-corrected chi connectivity index (χ1v) is 7.58. The Morgan fingerprint density at radius 2 is 2.14 bits per heavy atom. The summed E-state index contributed by atoms with van der Waals surface area (Å²) in [6.45, 7) is 2.59. The summed E-state index contributed by atoms with van der Waals surface area (Å²) in [5.74, 6) is 1.36. The molecule has 2 heterocycles. The van der Waals surface area contributed by atoms with E-state index in [0.717, 1.165) is 21.6 Å². The maximum absolute atomic E-state index is 6.00. The van der Waals surface area contributed by atoms with E-state index in [9.17, 15) is 0 Å². The average Bonchev–Trinajstić information content (AvgIpc) is 2.81. The standard InChI is InChI=1S/C16H16BrN3O/c1-11-5-6-14(12(17)10-11)21-16-13(7-8-18)20-9-3-2-4-15(20)19-16/h2-6,9-10H,7-8,18H2,1H3. The number of nitrogens with zero attached hydrogens (tertiary/aromatic N) is 2. The zero-order valence-corrected chi connectivity index (χ0v) is 13.3. The number of hydrogen-bond donors (Lipinski definition) is 1. The molecule has 0 saturated heterocycles. The number of fused-ring (bicyclic) bond motifs is 1. The largest absolute Gasteiger partial charge is 0.436 e. The van der Waals surface area contributed by atoms with Crippen molar-refractivity contribution in [1.82, 2.24) is 9.38 Å². The third-order valence-corrected chi connectivity index (χ3v) is 3.89. The van der Waals surface area contributed by atoms with Crippen molar-refractivity contribution in [3.05, 3.63) is 58.3 Å². The fourth-order valence-electron chi connectivity index (χ4n) is 2.26. The molecule has 3 aromatic rings. The van der Waals surface area contributed by atoms with Gasteiger partial charge in [0.05, 0.1) is 10.2 Å². The minimum atomic E-state index is 0.550. The van der Waals surface area contributed by atoms with Gasteiger partial charge in [0.15, 0.2) is 0 Å². The maximum atomic E-state index is 6.00. The van der Waals surface area contributed by atoms with E-state index in [-0.39, 0.29) is 0 Å². The molecule has 21 heavy (non-hydrogen) atoms. The summed E-state index contributed by atoms with van der Waals surface area (Å²) in [5.41, 5.74) is 8.74. The monoisotopic (exact) mass is 345 g/mol. The van der Waals surface area contributed by atoms with E-state index in [1.165, 1.54) is 5.56 Å². The van der Waals surface area contributed by atoms with Crippen LogP contribution in [0.1, 0.15) is 11.3 Å². The van der Waals surface area contributed by atoms with Crippen LogP contribution >= 0.6 is 15.9 Å². The minimum absolute atomic E-state index is 0.550. The molecule has 0 radical (unpaired) electrons. The first-order chi connectivity index (χ1) is 10.2. The van der Waals surface area contributed by atoms with Gasteiger partial charge in [0.1, 0.15) is 11.4 Å². The highest BCUT2D eigenvalue weighted by Crippen LogP contribution is 2.32. The summed E-state index contributed by atoms with van der Waals surface area (Å²) in [4.78, 5) is 4.55. The van der Waals surface area contributed by atoms with E-state index in [1.807, 2.05) is 53.9 Å². The molecule has 0 atom stereocenters. The highest BCUT2D eigenvalue weighted by molar-refractivity contribution is 9.10. The molecule has 0 bridgehead atoms. The minimum Gasteiger partial charge on any atom is -0.436 e. The number of hydrogen-bond acceptors (Lipinski definition) is 3. The molecule has 2 N–H and O–H groups in total. The molecule has 0 unspecified atom stereocenters. The summed E-state index contributed by atoms with van der Waals surface area (Å²) in [7, 11) is 0. The van der Waals surface area contributed by atoms with Gasteiger partial charge in [-0.05, 0) is 59.2 Å². The molecule has 0 aliphatic rings. The van der Waals surface area contributed by atoms with Gasteiger partial charge in [-0.25, -0.2) is 0 Å². The van der Waals surface area contributed by atoms with Crippen molar-refractivity contribution in [2.45, 2.75) is 13.3 Å². The number of imidazole rings is 1. The molecule has 5 heteroatoms. The third-order valence-electron chi connectivity index (χ3n) is 3.27. The number of ether oxygens (including phenoxy) is 1. The molecule has 1 aromatic carbocycles. The van der Waals surface area contributed by atoms with Crippen LogP contribution in [0.5, 0.6) is 11.6 Å². The van der Waals surface area contributed by atoms with Gasteiger partial charge in [-0.15, -0.1) is 0 Å². The number of aromatic nitrogens is 2. The van der Waals surface area contributed by atoms with Crippen LogP contribution in [0, 0.1) is 6.92 Å². The number of benzene rings is 1. The summed E-state index contributed by atoms with van der Waals surface area (Å²) in [6.07, 6.45) is 2.69. The van der Waals surface area contributed by atoms with Gasteiger partial charge in [-0.1, -0.05) is 12.1 Å². The Morgan fingerprint density at radius 3 is 2.90 bits per heavy atom. The van der Waals surface area contributed by atoms with Crippen LogP contribution in [0.3, 0.4) is 0 Å². The number of nitrogens with two attached hydrogens (primary N) is 1. The summed E-state index contributed by atoms with van der Waals surface area (Å²) >= 11 is 3.53. The van der Waals surface area contributed by atoms with Gasteiger partial charge < -0.3 is 14.9 Å². The van der Waals surface area contributed by atoms with E-state index < -0.39 is 0 Å². The normalized spacial score (nSPS) is 11.0. The van der Waals surface area contributed by atoms with Crippen molar-refractivity contribution in [2.75, 3.05) is 6.54 Å². The molecule has 108 valence electrons. The first-order valence-electron chi connectivity index (χ1n) is 6.79. The van der Waals surface area contributed by atoms with Crippen molar-refractivity contribution < 1.29 is 4.74 Å². The second-order valence-electron chi connectivity index (χ2n) is 4.87. The van der Waals surface area contributed by atoms with Crippen LogP contribution in [0.25, 0.3) is 5.65 Å². The molecule has 3 rings (SSSR count). The predicted octanol–water partition coefficient (Wildman–Crippen LogP) is 3.70. The molecule has 2 aromatic heterocycles. The van der Waals surface area contributed by atoms with Crippen LogP contribution in [-0.4, -0.2) is 15.9 Å². The number of aryl methyl sites for hydroxylation is 1. The molecular formula is C16H16BrN3O. The van der Waals surface area contributed by atoms with Crippen LogP contribution in [0.15, 0.2) is 47.1 Å². The van der Waals surface area contributed by atoms with Gasteiger partial charge in [-0.2, -0.15) is 4.98 Å². The van der Waals surface area contributed by atoms with Crippen LogP contribution in [-0.2, 0) is 6.42 Å². The van der Waals surface area contributed by atoms with Gasteiger partial charge >= 0.3 is 0 Å². The third kappa shape index (κ3) is 2.80. The summed E-state index contributed by atoms with van der Waals surface area (Å²) in [6, 6.07) is 11.9. The molecule has 0 aliphatic carbocycles. The Bertz CT molecular complexity index is 782. The second-order valence-corrected chi connectivity index (χ2v) is 5.72. The van der Waals surface area contributed by atoms with E-state index in [2.05, 4.69) is 20.9 Å². The lowest BCUT2D eigenvalue weighted by molar-refractivity contribution is 0.456. The van der Waals surface area contributed by atoms with Crippen molar-refractivity contribution in [1.29, 1.82) is 0 Å². The number of pyridine rings is 1. The molecular weight excluding hydrogens is 330 g/mol. The summed E-state index contributed by atoms with van der Waals surface area (Å²) < 4.78 is 8.93. The fourth-order valence-corrected chi connectivity index (χ4v) is 2.84. The predicted molar refractivity (Wildman–Crippen MR) is 86.9 cm³/mol. The lowest BCUT2D eigenvalue weighted by atomic mass is 10.2. The van der Waals surface area contributed by atoms with Crippen molar-refractivity contribution in [3.63, 3.8) is 0 Å². The van der Waals surface area contributed by atoms with Crippen molar-refractivity contribution in [2.24, 2.45) is 5.73 Å². The molecule has 0 fully saturated rings. The Kier molecular flexibility index (Phi) is 3.94. The van der Waals surface area contributed by atoms with Crippen molar-refractivity contribution >= 4 is 21.6 Å². The number of rotatable bonds is 4.